The average Bonchev–Trinajstić information content (AvgIpc) is 2.81. The molecule has 1 nitrogen and oxygen atoms in total. The second kappa shape index (κ2) is 5.24. The van der Waals surface area contributed by atoms with Crippen LogP contribution in [0.1, 0.15) is 41.8 Å². The van der Waals surface area contributed by atoms with E-state index in [2.05, 4.69) is 44.2 Å². The highest BCUT2D eigenvalue weighted by molar-refractivity contribution is 6.02. The Balaban J connectivity index is 1.96. The average molecular weight is 264 g/mol. The van der Waals surface area contributed by atoms with Crippen LogP contribution in [0, 0.1) is 5.92 Å². The molecule has 0 spiro atoms. The summed E-state index contributed by atoms with van der Waals surface area (Å²) in [6.45, 7) is 4.48. The summed E-state index contributed by atoms with van der Waals surface area (Å²) in [7, 11) is 0. The fourth-order valence-electron chi connectivity index (χ4n) is 3.05. The maximum absolute atomic E-state index is 11.8. The van der Waals surface area contributed by atoms with Gasteiger partial charge in [0.2, 0.25) is 0 Å². The lowest BCUT2D eigenvalue weighted by Crippen LogP contribution is -1.94. The van der Waals surface area contributed by atoms with E-state index in [1.165, 1.54) is 22.3 Å². The predicted octanol–water partition coefficient (Wildman–Crippen LogP) is 4.68. The molecule has 20 heavy (non-hydrogen) atoms. The number of carbonyl (C=O) groups is 1. The largest absolute Gasteiger partial charge is 0.294 e. The third-order valence-corrected chi connectivity index (χ3v) is 3.99. The van der Waals surface area contributed by atoms with Crippen LogP contribution in [0.2, 0.25) is 0 Å². The zero-order chi connectivity index (χ0) is 14.1. The molecule has 1 heteroatoms. The normalized spacial score (nSPS) is 13.8. The zero-order valence-corrected chi connectivity index (χ0v) is 12.1. The smallest absolute Gasteiger partial charge is 0.163 e. The van der Waals surface area contributed by atoms with E-state index < -0.39 is 0 Å². The maximum Gasteiger partial charge on any atom is 0.163 e. The lowest BCUT2D eigenvalue weighted by Gasteiger charge is -2.10. The number of benzene rings is 2. The first-order chi connectivity index (χ1) is 9.65. The number of carbonyl (C=O) groups excluding carboxylic acids is 1. The second-order valence-electron chi connectivity index (χ2n) is 6.05. The number of ketones is 1. The molecular formula is C19H20O. The molecule has 0 saturated heterocycles. The first kappa shape index (κ1) is 13.1. The lowest BCUT2D eigenvalue weighted by molar-refractivity contribution is 0.0994. The summed E-state index contributed by atoms with van der Waals surface area (Å²) in [4.78, 5) is 11.8. The van der Waals surface area contributed by atoms with Gasteiger partial charge in [0, 0.05) is 12.0 Å². The predicted molar refractivity (Wildman–Crippen MR) is 83.1 cm³/mol. The van der Waals surface area contributed by atoms with Gasteiger partial charge in [0.1, 0.15) is 0 Å². The van der Waals surface area contributed by atoms with Crippen LogP contribution in [0.4, 0.5) is 0 Å². The molecule has 0 amide bonds. The van der Waals surface area contributed by atoms with E-state index in [0.717, 1.165) is 18.4 Å². The van der Waals surface area contributed by atoms with Crippen molar-refractivity contribution in [2.45, 2.75) is 33.1 Å². The van der Waals surface area contributed by atoms with Crippen LogP contribution in [-0.4, -0.2) is 5.78 Å². The maximum atomic E-state index is 11.8. The van der Waals surface area contributed by atoms with Gasteiger partial charge >= 0.3 is 0 Å². The van der Waals surface area contributed by atoms with Gasteiger partial charge in [-0.1, -0.05) is 56.3 Å². The van der Waals surface area contributed by atoms with Crippen molar-refractivity contribution in [1.29, 1.82) is 0 Å². The standard InChI is InChI=1S/C19H20O/c1-13(2)12-14-6-8-15(9-7-14)16-4-3-5-18-17(16)10-11-19(18)20/h3-9,13H,10-12H2,1-2H3. The van der Waals surface area contributed by atoms with Crippen LogP contribution in [0.3, 0.4) is 0 Å². The van der Waals surface area contributed by atoms with Crippen LogP contribution >= 0.6 is 0 Å². The third-order valence-electron chi connectivity index (χ3n) is 3.99. The van der Waals surface area contributed by atoms with Gasteiger partial charge in [-0.25, -0.2) is 0 Å². The molecule has 0 radical (unpaired) electrons. The highest BCUT2D eigenvalue weighted by Crippen LogP contribution is 2.32. The van der Waals surface area contributed by atoms with E-state index >= 15 is 0 Å². The number of Topliss-reactive ketones (excluding diaryl/α,β-unsaturated/α-hetero) is 1. The minimum absolute atomic E-state index is 0.290. The van der Waals surface area contributed by atoms with E-state index in [1.807, 2.05) is 12.1 Å². The van der Waals surface area contributed by atoms with E-state index in [-0.39, 0.29) is 0 Å². The molecule has 1 aliphatic carbocycles. The molecule has 0 aliphatic heterocycles. The Bertz CT molecular complexity index is 635. The fraction of sp³-hybridized carbons (Fsp3) is 0.316. The van der Waals surface area contributed by atoms with Crippen LogP contribution in [0.5, 0.6) is 0 Å². The molecule has 1 aliphatic rings. The summed E-state index contributed by atoms with van der Waals surface area (Å²) in [5, 5.41) is 0. The van der Waals surface area contributed by atoms with Gasteiger partial charge in [-0.05, 0) is 41.0 Å². The number of hydrogen-bond donors (Lipinski definition) is 0. The van der Waals surface area contributed by atoms with Crippen molar-refractivity contribution < 1.29 is 4.79 Å². The quantitative estimate of drug-likeness (QED) is 0.786. The first-order valence-corrected chi connectivity index (χ1v) is 7.39. The van der Waals surface area contributed by atoms with Gasteiger partial charge in [0.15, 0.2) is 5.78 Å². The molecule has 2 aromatic carbocycles. The van der Waals surface area contributed by atoms with Crippen molar-refractivity contribution in [3.8, 4) is 11.1 Å². The molecule has 3 rings (SSSR count). The van der Waals surface area contributed by atoms with Crippen LogP contribution in [-0.2, 0) is 12.8 Å². The SMILES string of the molecule is CC(C)Cc1ccc(-c2cccc3c2CCC3=O)cc1. The lowest BCUT2D eigenvalue weighted by atomic mass is 9.95. The first-order valence-electron chi connectivity index (χ1n) is 7.39. The van der Waals surface area contributed by atoms with E-state index in [0.29, 0.717) is 18.1 Å². The Morgan fingerprint density at radius 3 is 2.35 bits per heavy atom. The van der Waals surface area contributed by atoms with Crippen molar-refractivity contribution in [1.82, 2.24) is 0 Å². The van der Waals surface area contributed by atoms with Gasteiger partial charge in [-0.15, -0.1) is 0 Å². The van der Waals surface area contributed by atoms with E-state index in [1.54, 1.807) is 0 Å². The molecule has 0 aromatic heterocycles. The Labute approximate surface area is 120 Å². The molecule has 102 valence electrons. The van der Waals surface area contributed by atoms with Crippen LogP contribution in [0.15, 0.2) is 42.5 Å². The molecule has 0 unspecified atom stereocenters. The van der Waals surface area contributed by atoms with Gasteiger partial charge in [-0.3, -0.25) is 4.79 Å². The summed E-state index contributed by atoms with van der Waals surface area (Å²) in [6, 6.07) is 14.9. The van der Waals surface area contributed by atoms with Crippen LogP contribution < -0.4 is 0 Å². The summed E-state index contributed by atoms with van der Waals surface area (Å²) in [6.07, 6.45) is 2.67. The number of rotatable bonds is 3. The van der Waals surface area contributed by atoms with Gasteiger partial charge < -0.3 is 0 Å². The Morgan fingerprint density at radius 2 is 1.65 bits per heavy atom. The molecular weight excluding hydrogens is 244 g/mol. The Kier molecular flexibility index (Phi) is 3.43. The topological polar surface area (TPSA) is 17.1 Å². The molecule has 0 atom stereocenters. The molecule has 0 fully saturated rings. The molecule has 0 bridgehead atoms. The Hall–Kier alpha value is -1.89. The minimum Gasteiger partial charge on any atom is -0.294 e. The van der Waals surface area contributed by atoms with Crippen molar-refractivity contribution in [3.05, 3.63) is 59.2 Å². The number of fused-ring (bicyclic) bond motifs is 1. The molecule has 2 aromatic rings. The van der Waals surface area contributed by atoms with Crippen molar-refractivity contribution in [3.63, 3.8) is 0 Å². The summed E-state index contributed by atoms with van der Waals surface area (Å²) in [5.74, 6) is 0.970. The summed E-state index contributed by atoms with van der Waals surface area (Å²) >= 11 is 0. The fourth-order valence-corrected chi connectivity index (χ4v) is 3.05. The van der Waals surface area contributed by atoms with Crippen molar-refractivity contribution in [2.24, 2.45) is 5.92 Å². The van der Waals surface area contributed by atoms with Crippen molar-refractivity contribution >= 4 is 5.78 Å². The van der Waals surface area contributed by atoms with E-state index in [9.17, 15) is 4.79 Å². The van der Waals surface area contributed by atoms with E-state index in [4.69, 9.17) is 0 Å². The minimum atomic E-state index is 0.290. The number of hydrogen-bond acceptors (Lipinski definition) is 1. The zero-order valence-electron chi connectivity index (χ0n) is 12.1. The monoisotopic (exact) mass is 264 g/mol. The Morgan fingerprint density at radius 1 is 0.950 bits per heavy atom. The third kappa shape index (κ3) is 2.40. The van der Waals surface area contributed by atoms with Crippen molar-refractivity contribution in [2.75, 3.05) is 0 Å². The van der Waals surface area contributed by atoms with Gasteiger partial charge in [0.25, 0.3) is 0 Å². The second-order valence-corrected chi connectivity index (χ2v) is 6.05. The molecule has 0 heterocycles. The summed E-state index contributed by atoms with van der Waals surface area (Å²) < 4.78 is 0. The molecule has 0 N–H and O–H groups in total. The highest BCUT2D eigenvalue weighted by atomic mass is 16.1. The highest BCUT2D eigenvalue weighted by Gasteiger charge is 2.22. The van der Waals surface area contributed by atoms with Gasteiger partial charge in [-0.2, -0.15) is 0 Å². The van der Waals surface area contributed by atoms with Gasteiger partial charge in [0.05, 0.1) is 0 Å². The summed E-state index contributed by atoms with van der Waals surface area (Å²) in [5.41, 5.74) is 5.99. The molecule has 0 saturated carbocycles. The van der Waals surface area contributed by atoms with Crippen LogP contribution in [0.25, 0.3) is 11.1 Å².